The van der Waals surface area contributed by atoms with Crippen LogP contribution in [0.15, 0.2) is 18.2 Å². The van der Waals surface area contributed by atoms with Gasteiger partial charge in [0.05, 0.1) is 0 Å². The van der Waals surface area contributed by atoms with Crippen molar-refractivity contribution in [3.63, 3.8) is 0 Å². The molecule has 8 heteroatoms. The topological polar surface area (TPSA) is 53.2 Å². The minimum atomic E-state index is -1.74. The number of carbonyl (C=O) groups is 1. The molecule has 140 valence electrons. The normalized spacial score (nSPS) is 12.4. The molecule has 0 radical (unpaired) electrons. The molecule has 0 aliphatic rings. The lowest BCUT2D eigenvalue weighted by Crippen LogP contribution is -2.56. The zero-order valence-electron chi connectivity index (χ0n) is 14.6. The Morgan fingerprint density at radius 1 is 1.20 bits per heavy atom. The van der Waals surface area contributed by atoms with Gasteiger partial charge in [-0.15, -0.1) is 0 Å². The highest BCUT2D eigenvalue weighted by molar-refractivity contribution is 7.80. The molecule has 0 aliphatic carbocycles. The third-order valence-corrected chi connectivity index (χ3v) is 4.42. The van der Waals surface area contributed by atoms with Crippen LogP contribution >= 0.6 is 47.0 Å². The number of halogens is 3. The van der Waals surface area contributed by atoms with Crippen LogP contribution in [0.2, 0.25) is 0 Å². The summed E-state index contributed by atoms with van der Waals surface area (Å²) in [6.07, 6.45) is 2.25. The Kier molecular flexibility index (Phi) is 9.28. The fourth-order valence-corrected chi connectivity index (χ4v) is 2.77. The average molecular weight is 425 g/mol. The second-order valence-corrected chi connectivity index (χ2v) is 8.69. The zero-order valence-corrected chi connectivity index (χ0v) is 17.7. The maximum absolute atomic E-state index is 12.0. The minimum Gasteiger partial charge on any atom is -0.339 e. The molecule has 3 N–H and O–H groups in total. The first-order chi connectivity index (χ1) is 11.6. The van der Waals surface area contributed by atoms with Gasteiger partial charge in [0.1, 0.15) is 6.17 Å². The number of unbranched alkanes of at least 4 members (excludes halogenated alkanes) is 2. The quantitative estimate of drug-likeness (QED) is 0.250. The summed E-state index contributed by atoms with van der Waals surface area (Å²) in [6, 6.07) is 5.93. The van der Waals surface area contributed by atoms with Gasteiger partial charge in [0.25, 0.3) is 0 Å². The number of hydrogen-bond donors (Lipinski definition) is 3. The van der Waals surface area contributed by atoms with Gasteiger partial charge in [-0.25, -0.2) is 0 Å². The van der Waals surface area contributed by atoms with E-state index in [0.717, 1.165) is 36.1 Å². The van der Waals surface area contributed by atoms with E-state index in [-0.39, 0.29) is 11.0 Å². The molecule has 0 aromatic heterocycles. The number of rotatable bonds is 7. The van der Waals surface area contributed by atoms with Crippen LogP contribution in [0.25, 0.3) is 0 Å². The number of anilines is 1. The summed E-state index contributed by atoms with van der Waals surface area (Å²) in [5, 5.41) is 8.86. The zero-order chi connectivity index (χ0) is 19.0. The predicted octanol–water partition coefficient (Wildman–Crippen LogP) is 4.98. The van der Waals surface area contributed by atoms with Crippen molar-refractivity contribution in [2.24, 2.45) is 0 Å². The number of carbonyl (C=O) groups excluding carboxylic acids is 1. The lowest BCUT2D eigenvalue weighted by atomic mass is 10.1. The molecule has 25 heavy (non-hydrogen) atoms. The van der Waals surface area contributed by atoms with E-state index in [1.54, 1.807) is 0 Å². The molecular weight excluding hydrogens is 401 g/mol. The Labute approximate surface area is 170 Å². The van der Waals surface area contributed by atoms with Crippen molar-refractivity contribution in [2.75, 3.05) is 5.32 Å². The predicted molar refractivity (Wildman–Crippen MR) is 112 cm³/mol. The summed E-state index contributed by atoms with van der Waals surface area (Å²) < 4.78 is -1.74. The molecule has 1 rings (SSSR count). The van der Waals surface area contributed by atoms with Crippen molar-refractivity contribution in [3.8, 4) is 0 Å². The van der Waals surface area contributed by atoms with E-state index in [2.05, 4.69) is 22.9 Å². The molecule has 0 heterocycles. The van der Waals surface area contributed by atoms with Gasteiger partial charge in [-0.1, -0.05) is 72.3 Å². The van der Waals surface area contributed by atoms with Gasteiger partial charge in [-0.2, -0.15) is 0 Å². The summed E-state index contributed by atoms with van der Waals surface area (Å²) in [7, 11) is 0. The van der Waals surface area contributed by atoms with E-state index >= 15 is 0 Å². The van der Waals surface area contributed by atoms with Crippen LogP contribution in [-0.4, -0.2) is 21.0 Å². The Bertz CT molecular complexity index is 605. The molecule has 0 aliphatic heterocycles. The third kappa shape index (κ3) is 8.45. The first-order valence-electron chi connectivity index (χ1n) is 8.14. The monoisotopic (exact) mass is 423 g/mol. The van der Waals surface area contributed by atoms with Crippen LogP contribution in [0, 0.1) is 13.8 Å². The molecule has 0 saturated heterocycles. The van der Waals surface area contributed by atoms with E-state index in [1.807, 2.05) is 32.0 Å². The maximum Gasteiger partial charge on any atom is 0.228 e. The molecule has 0 fully saturated rings. The van der Waals surface area contributed by atoms with Crippen LogP contribution in [-0.2, 0) is 4.79 Å². The number of nitrogens with one attached hydrogen (secondary N) is 3. The number of alkyl halides is 3. The Hall–Kier alpha value is -0.750. The highest BCUT2D eigenvalue weighted by Crippen LogP contribution is 2.29. The number of amides is 1. The van der Waals surface area contributed by atoms with Crippen molar-refractivity contribution in [3.05, 3.63) is 29.3 Å². The minimum absolute atomic E-state index is 0.188. The third-order valence-electron chi connectivity index (χ3n) is 3.55. The first kappa shape index (κ1) is 22.3. The molecule has 0 unspecified atom stereocenters. The fraction of sp³-hybridized carbons (Fsp3) is 0.529. The van der Waals surface area contributed by atoms with Crippen molar-refractivity contribution < 1.29 is 4.79 Å². The lowest BCUT2D eigenvalue weighted by Gasteiger charge is -2.28. The van der Waals surface area contributed by atoms with Gasteiger partial charge in [0.2, 0.25) is 9.70 Å². The second kappa shape index (κ2) is 10.4. The number of aryl methyl sites for hydroxylation is 2. The van der Waals surface area contributed by atoms with Crippen LogP contribution in [0.5, 0.6) is 0 Å². The standard InChI is InChI=1S/C17H24Cl3N3OS/c1-4-5-6-7-14(24)22-15(17(18,19)20)23-16(25)21-13-9-8-11(2)10-12(13)3/h8-10,15H,4-7H2,1-3H3,(H,22,24)(H2,21,23,25)/t15-/m1/s1. The molecular formula is C17H24Cl3N3OS. The Morgan fingerprint density at radius 2 is 1.88 bits per heavy atom. The second-order valence-electron chi connectivity index (χ2n) is 5.92. The molecule has 0 saturated carbocycles. The van der Waals surface area contributed by atoms with Gasteiger partial charge < -0.3 is 16.0 Å². The number of benzene rings is 1. The summed E-state index contributed by atoms with van der Waals surface area (Å²) in [6.45, 7) is 6.06. The molecule has 0 bridgehead atoms. The highest BCUT2D eigenvalue weighted by Gasteiger charge is 2.34. The summed E-state index contributed by atoms with van der Waals surface area (Å²) in [5.74, 6) is -0.188. The molecule has 0 spiro atoms. The van der Waals surface area contributed by atoms with Gasteiger partial charge in [-0.3, -0.25) is 4.79 Å². The Morgan fingerprint density at radius 3 is 2.44 bits per heavy atom. The van der Waals surface area contributed by atoms with Crippen LogP contribution < -0.4 is 16.0 Å². The van der Waals surface area contributed by atoms with Crippen molar-refractivity contribution >= 4 is 63.7 Å². The van der Waals surface area contributed by atoms with Gasteiger partial charge in [0, 0.05) is 12.1 Å². The summed E-state index contributed by atoms with van der Waals surface area (Å²) in [5.41, 5.74) is 3.04. The molecule has 1 atom stereocenters. The van der Waals surface area contributed by atoms with E-state index in [1.165, 1.54) is 0 Å². The Balaban J connectivity index is 2.68. The average Bonchev–Trinajstić information content (AvgIpc) is 2.49. The van der Waals surface area contributed by atoms with E-state index < -0.39 is 9.96 Å². The van der Waals surface area contributed by atoms with E-state index in [9.17, 15) is 4.79 Å². The molecule has 4 nitrogen and oxygen atoms in total. The van der Waals surface area contributed by atoms with E-state index in [0.29, 0.717) is 6.42 Å². The summed E-state index contributed by atoms with van der Waals surface area (Å²) >= 11 is 23.2. The molecule has 1 aromatic rings. The molecule has 1 aromatic carbocycles. The van der Waals surface area contributed by atoms with Crippen LogP contribution in [0.4, 0.5) is 5.69 Å². The maximum atomic E-state index is 12.0. The molecule has 1 amide bonds. The van der Waals surface area contributed by atoms with Crippen molar-refractivity contribution in [2.45, 2.75) is 56.4 Å². The fourth-order valence-electron chi connectivity index (χ4n) is 2.21. The van der Waals surface area contributed by atoms with Gasteiger partial charge in [0.15, 0.2) is 5.11 Å². The highest BCUT2D eigenvalue weighted by atomic mass is 35.6. The van der Waals surface area contributed by atoms with Gasteiger partial charge >= 0.3 is 0 Å². The number of thiocarbonyl (C=S) groups is 1. The SMILES string of the molecule is CCCCCC(=O)N[C@H](NC(=S)Nc1ccc(C)cc1C)C(Cl)(Cl)Cl. The van der Waals surface area contributed by atoms with Crippen molar-refractivity contribution in [1.29, 1.82) is 0 Å². The summed E-state index contributed by atoms with van der Waals surface area (Å²) in [4.78, 5) is 12.0. The lowest BCUT2D eigenvalue weighted by molar-refractivity contribution is -0.122. The van der Waals surface area contributed by atoms with Crippen LogP contribution in [0.1, 0.15) is 43.7 Å². The van der Waals surface area contributed by atoms with Crippen LogP contribution in [0.3, 0.4) is 0 Å². The number of hydrogen-bond acceptors (Lipinski definition) is 2. The van der Waals surface area contributed by atoms with Gasteiger partial charge in [-0.05, 0) is 44.1 Å². The largest absolute Gasteiger partial charge is 0.339 e. The smallest absolute Gasteiger partial charge is 0.228 e. The van der Waals surface area contributed by atoms with Crippen molar-refractivity contribution in [1.82, 2.24) is 10.6 Å². The van der Waals surface area contributed by atoms with E-state index in [4.69, 9.17) is 47.0 Å². The first-order valence-corrected chi connectivity index (χ1v) is 9.68.